The zero-order valence-corrected chi connectivity index (χ0v) is 13.5. The second-order valence-corrected chi connectivity index (χ2v) is 5.33. The maximum Gasteiger partial charge on any atom is 0.248 e. The number of ether oxygens (including phenoxy) is 2. The standard InChI is InChI=1S/C20H19NO3/c1-2-23-18-10-8-17(9-11-18)21-20(22)12-7-15-13-16-5-3-4-6-19(16)24-14-15/h3-13H,2,14H2,1H3,(H,21,22)/b12-7+. The van der Waals surface area contributed by atoms with Crippen LogP contribution in [0.3, 0.4) is 0 Å². The lowest BCUT2D eigenvalue weighted by molar-refractivity contribution is -0.111. The summed E-state index contributed by atoms with van der Waals surface area (Å²) in [5.41, 5.74) is 2.71. The van der Waals surface area contributed by atoms with Gasteiger partial charge < -0.3 is 14.8 Å². The van der Waals surface area contributed by atoms with Gasteiger partial charge in [0, 0.05) is 17.3 Å². The van der Waals surface area contributed by atoms with E-state index in [2.05, 4.69) is 5.32 Å². The van der Waals surface area contributed by atoms with Gasteiger partial charge in [0.2, 0.25) is 5.91 Å². The Kier molecular flexibility index (Phi) is 4.96. The van der Waals surface area contributed by atoms with Crippen molar-refractivity contribution in [3.8, 4) is 11.5 Å². The molecule has 0 fully saturated rings. The number of para-hydroxylation sites is 1. The molecule has 4 heteroatoms. The Bertz CT molecular complexity index is 776. The molecule has 122 valence electrons. The van der Waals surface area contributed by atoms with E-state index in [1.54, 1.807) is 6.08 Å². The molecular formula is C20H19NO3. The summed E-state index contributed by atoms with van der Waals surface area (Å²) in [5, 5.41) is 2.82. The van der Waals surface area contributed by atoms with Crippen molar-refractivity contribution in [2.45, 2.75) is 6.92 Å². The van der Waals surface area contributed by atoms with Crippen LogP contribution in [0.25, 0.3) is 6.08 Å². The number of rotatable bonds is 5. The Labute approximate surface area is 141 Å². The Morgan fingerprint density at radius 2 is 2.00 bits per heavy atom. The van der Waals surface area contributed by atoms with E-state index in [4.69, 9.17) is 9.47 Å². The minimum atomic E-state index is -0.182. The van der Waals surface area contributed by atoms with Gasteiger partial charge >= 0.3 is 0 Å². The van der Waals surface area contributed by atoms with Crippen LogP contribution >= 0.6 is 0 Å². The smallest absolute Gasteiger partial charge is 0.248 e. The summed E-state index contributed by atoms with van der Waals surface area (Å²) in [6.07, 6.45) is 5.32. The highest BCUT2D eigenvalue weighted by Gasteiger charge is 2.08. The van der Waals surface area contributed by atoms with Gasteiger partial charge in [-0.05, 0) is 48.9 Å². The minimum absolute atomic E-state index is 0.182. The topological polar surface area (TPSA) is 47.6 Å². The number of carbonyl (C=O) groups excluding carboxylic acids is 1. The van der Waals surface area contributed by atoms with E-state index in [1.165, 1.54) is 6.08 Å². The minimum Gasteiger partial charge on any atom is -0.494 e. The van der Waals surface area contributed by atoms with Crippen molar-refractivity contribution in [2.24, 2.45) is 0 Å². The average molecular weight is 321 g/mol. The number of anilines is 1. The molecule has 1 aliphatic rings. The summed E-state index contributed by atoms with van der Waals surface area (Å²) in [4.78, 5) is 12.0. The summed E-state index contributed by atoms with van der Waals surface area (Å²) in [6, 6.07) is 15.1. The largest absolute Gasteiger partial charge is 0.494 e. The molecule has 0 unspecified atom stereocenters. The molecule has 1 aliphatic heterocycles. The van der Waals surface area contributed by atoms with Gasteiger partial charge in [0.1, 0.15) is 18.1 Å². The van der Waals surface area contributed by atoms with Gasteiger partial charge in [-0.3, -0.25) is 4.79 Å². The quantitative estimate of drug-likeness (QED) is 0.845. The molecule has 0 atom stereocenters. The lowest BCUT2D eigenvalue weighted by atomic mass is 10.1. The van der Waals surface area contributed by atoms with Crippen LogP contribution in [0.2, 0.25) is 0 Å². The van der Waals surface area contributed by atoms with Gasteiger partial charge in [-0.25, -0.2) is 0 Å². The first kappa shape index (κ1) is 15.9. The first-order valence-corrected chi connectivity index (χ1v) is 7.89. The van der Waals surface area contributed by atoms with Crippen LogP contribution < -0.4 is 14.8 Å². The predicted molar refractivity (Wildman–Crippen MR) is 95.3 cm³/mol. The monoisotopic (exact) mass is 321 g/mol. The van der Waals surface area contributed by atoms with Gasteiger partial charge in [0.05, 0.1) is 6.61 Å². The number of nitrogens with one attached hydrogen (secondary N) is 1. The van der Waals surface area contributed by atoms with Crippen LogP contribution in [0.5, 0.6) is 11.5 Å². The van der Waals surface area contributed by atoms with E-state index in [-0.39, 0.29) is 5.91 Å². The van der Waals surface area contributed by atoms with Crippen LogP contribution in [0.4, 0.5) is 5.69 Å². The highest BCUT2D eigenvalue weighted by atomic mass is 16.5. The maximum atomic E-state index is 12.0. The van der Waals surface area contributed by atoms with Crippen molar-refractivity contribution in [3.63, 3.8) is 0 Å². The Morgan fingerprint density at radius 1 is 1.21 bits per heavy atom. The molecule has 4 nitrogen and oxygen atoms in total. The molecule has 3 rings (SSSR count). The van der Waals surface area contributed by atoms with Crippen LogP contribution in [0.15, 0.2) is 66.3 Å². The molecule has 0 aliphatic carbocycles. The fraction of sp³-hybridized carbons (Fsp3) is 0.150. The number of carbonyl (C=O) groups is 1. The van der Waals surface area contributed by atoms with Gasteiger partial charge in [-0.15, -0.1) is 0 Å². The van der Waals surface area contributed by atoms with E-state index in [1.807, 2.05) is 61.5 Å². The van der Waals surface area contributed by atoms with Crippen LogP contribution in [-0.4, -0.2) is 19.1 Å². The summed E-state index contributed by atoms with van der Waals surface area (Å²) < 4.78 is 11.0. The fourth-order valence-corrected chi connectivity index (χ4v) is 2.40. The molecule has 0 saturated heterocycles. The lowest BCUT2D eigenvalue weighted by Gasteiger charge is -2.15. The van der Waals surface area contributed by atoms with Gasteiger partial charge in [-0.1, -0.05) is 24.3 Å². The van der Waals surface area contributed by atoms with Gasteiger partial charge in [-0.2, -0.15) is 0 Å². The van der Waals surface area contributed by atoms with Gasteiger partial charge in [0.15, 0.2) is 0 Å². The van der Waals surface area contributed by atoms with Crippen molar-refractivity contribution in [1.29, 1.82) is 0 Å². The second kappa shape index (κ2) is 7.51. The van der Waals surface area contributed by atoms with Crippen LogP contribution in [0, 0.1) is 0 Å². The number of amides is 1. The number of fused-ring (bicyclic) bond motifs is 1. The molecule has 2 aromatic carbocycles. The number of benzene rings is 2. The van der Waals surface area contributed by atoms with Crippen molar-refractivity contribution in [1.82, 2.24) is 0 Å². The third-order valence-electron chi connectivity index (χ3n) is 3.54. The molecule has 0 radical (unpaired) electrons. The first-order chi connectivity index (χ1) is 11.7. The second-order valence-electron chi connectivity index (χ2n) is 5.33. The Hall–Kier alpha value is -3.01. The zero-order valence-electron chi connectivity index (χ0n) is 13.5. The van der Waals surface area contributed by atoms with Crippen LogP contribution in [0.1, 0.15) is 12.5 Å². The average Bonchev–Trinajstić information content (AvgIpc) is 2.62. The predicted octanol–water partition coefficient (Wildman–Crippen LogP) is 4.06. The lowest BCUT2D eigenvalue weighted by Crippen LogP contribution is -2.09. The van der Waals surface area contributed by atoms with Gasteiger partial charge in [0.25, 0.3) is 0 Å². The van der Waals surface area contributed by atoms with Crippen molar-refractivity contribution in [2.75, 3.05) is 18.5 Å². The molecule has 0 bridgehead atoms. The fourth-order valence-electron chi connectivity index (χ4n) is 2.40. The number of hydrogen-bond acceptors (Lipinski definition) is 3. The molecule has 0 spiro atoms. The normalized spacial score (nSPS) is 13.0. The van der Waals surface area contributed by atoms with Crippen LogP contribution in [-0.2, 0) is 4.79 Å². The van der Waals surface area contributed by atoms with E-state index in [0.717, 1.165) is 28.3 Å². The summed E-state index contributed by atoms with van der Waals surface area (Å²) in [7, 11) is 0. The third-order valence-corrected chi connectivity index (χ3v) is 3.54. The molecule has 1 amide bonds. The Morgan fingerprint density at radius 3 is 2.79 bits per heavy atom. The zero-order chi connectivity index (χ0) is 16.8. The van der Waals surface area contributed by atoms with E-state index in [0.29, 0.717) is 13.2 Å². The van der Waals surface area contributed by atoms with Crippen molar-refractivity contribution in [3.05, 3.63) is 71.8 Å². The molecule has 0 aromatic heterocycles. The van der Waals surface area contributed by atoms with Crippen molar-refractivity contribution < 1.29 is 14.3 Å². The summed E-state index contributed by atoms with van der Waals surface area (Å²) >= 11 is 0. The highest BCUT2D eigenvalue weighted by Crippen LogP contribution is 2.26. The van der Waals surface area contributed by atoms with E-state index in [9.17, 15) is 4.79 Å². The van der Waals surface area contributed by atoms with E-state index >= 15 is 0 Å². The number of hydrogen-bond donors (Lipinski definition) is 1. The Balaban J connectivity index is 1.61. The SMILES string of the molecule is CCOc1ccc(NC(=O)/C=C/C2=Cc3ccccc3OC2)cc1. The summed E-state index contributed by atoms with van der Waals surface area (Å²) in [5.74, 6) is 1.47. The molecule has 1 heterocycles. The highest BCUT2D eigenvalue weighted by molar-refractivity contribution is 5.99. The molecule has 24 heavy (non-hydrogen) atoms. The van der Waals surface area contributed by atoms with E-state index < -0.39 is 0 Å². The molecule has 1 N–H and O–H groups in total. The molecular weight excluding hydrogens is 302 g/mol. The molecule has 2 aromatic rings. The first-order valence-electron chi connectivity index (χ1n) is 7.89. The van der Waals surface area contributed by atoms with Crippen molar-refractivity contribution >= 4 is 17.7 Å². The summed E-state index contributed by atoms with van der Waals surface area (Å²) in [6.45, 7) is 3.02. The molecule has 0 saturated carbocycles. The third kappa shape index (κ3) is 4.04. The maximum absolute atomic E-state index is 12.0.